The first kappa shape index (κ1) is 14.9. The van der Waals surface area contributed by atoms with Crippen LogP contribution in [0.4, 0.5) is 0 Å². The Morgan fingerprint density at radius 2 is 1.89 bits per heavy atom. The van der Waals surface area contributed by atoms with Crippen molar-refractivity contribution < 1.29 is 0 Å². The van der Waals surface area contributed by atoms with Crippen LogP contribution in [0.25, 0.3) is 0 Å². The summed E-state index contributed by atoms with van der Waals surface area (Å²) in [6.45, 7) is 0. The lowest BCUT2D eigenvalue weighted by atomic mass is 9.95. The van der Waals surface area contributed by atoms with Crippen LogP contribution in [0, 0.1) is 0 Å². The minimum absolute atomic E-state index is 0.343. The number of rotatable bonds is 4. The van der Waals surface area contributed by atoms with Crippen LogP contribution in [0.1, 0.15) is 37.7 Å². The van der Waals surface area contributed by atoms with Gasteiger partial charge in [-0.05, 0) is 56.8 Å². The molecule has 0 radical (unpaired) electrons. The molecule has 0 heterocycles. The van der Waals surface area contributed by atoms with Crippen LogP contribution in [-0.4, -0.2) is 13.1 Å². The highest BCUT2D eigenvalue weighted by molar-refractivity contribution is 6.36. The van der Waals surface area contributed by atoms with Gasteiger partial charge in [0.15, 0.2) is 0 Å². The summed E-state index contributed by atoms with van der Waals surface area (Å²) in [4.78, 5) is 0. The van der Waals surface area contributed by atoms with E-state index in [0.29, 0.717) is 6.04 Å². The molecule has 1 aliphatic rings. The molecular weight excluding hydrogens is 277 g/mol. The van der Waals surface area contributed by atoms with Crippen LogP contribution in [0.3, 0.4) is 0 Å². The largest absolute Gasteiger partial charge is 0.313 e. The normalized spacial score (nSPS) is 17.7. The Morgan fingerprint density at radius 1 is 1.16 bits per heavy atom. The van der Waals surface area contributed by atoms with Crippen molar-refractivity contribution in [1.82, 2.24) is 5.32 Å². The summed E-state index contributed by atoms with van der Waals surface area (Å²) >= 11 is 12.5. The summed E-state index contributed by atoms with van der Waals surface area (Å²) in [6.07, 6.45) is 9.59. The molecule has 0 bridgehead atoms. The van der Waals surface area contributed by atoms with Gasteiger partial charge in [0.1, 0.15) is 0 Å². The Balaban J connectivity index is 2.16. The monoisotopic (exact) mass is 297 g/mol. The van der Waals surface area contributed by atoms with Gasteiger partial charge in [-0.15, -0.1) is 0 Å². The van der Waals surface area contributed by atoms with Crippen molar-refractivity contribution >= 4 is 23.2 Å². The van der Waals surface area contributed by atoms with E-state index in [1.807, 2.05) is 25.2 Å². The molecule has 1 aliphatic carbocycles. The molecule has 0 aliphatic heterocycles. The molecule has 0 saturated heterocycles. The van der Waals surface area contributed by atoms with Gasteiger partial charge >= 0.3 is 0 Å². The van der Waals surface area contributed by atoms with E-state index in [2.05, 4.69) is 11.4 Å². The third-order valence-corrected chi connectivity index (χ3v) is 4.55. The van der Waals surface area contributed by atoms with Crippen molar-refractivity contribution in [3.63, 3.8) is 0 Å². The second kappa shape index (κ2) is 7.33. The van der Waals surface area contributed by atoms with E-state index in [9.17, 15) is 0 Å². The Hall–Kier alpha value is -0.500. The Kier molecular flexibility index (Phi) is 5.75. The summed E-state index contributed by atoms with van der Waals surface area (Å²) in [5.74, 6) is 0. The zero-order valence-electron chi connectivity index (χ0n) is 11.4. The lowest BCUT2D eigenvalue weighted by Gasteiger charge is -2.21. The number of nitrogens with one attached hydrogen (secondary N) is 1. The van der Waals surface area contributed by atoms with E-state index in [4.69, 9.17) is 23.2 Å². The maximum atomic E-state index is 6.27. The molecule has 1 aromatic carbocycles. The third kappa shape index (κ3) is 3.98. The van der Waals surface area contributed by atoms with Gasteiger partial charge in [-0.25, -0.2) is 0 Å². The predicted octanol–water partition coefficient (Wildman–Crippen LogP) is 5.01. The van der Waals surface area contributed by atoms with Crippen molar-refractivity contribution in [2.75, 3.05) is 7.05 Å². The van der Waals surface area contributed by atoms with Crippen LogP contribution < -0.4 is 5.32 Å². The number of hydrogen-bond donors (Lipinski definition) is 1. The van der Waals surface area contributed by atoms with E-state index in [0.717, 1.165) is 22.0 Å². The van der Waals surface area contributed by atoms with Crippen molar-refractivity contribution in [1.29, 1.82) is 0 Å². The zero-order chi connectivity index (χ0) is 13.7. The first-order chi connectivity index (χ1) is 9.22. The lowest BCUT2D eigenvalue weighted by Crippen LogP contribution is -2.30. The number of benzene rings is 1. The molecule has 1 N–H and O–H groups in total. The SMILES string of the molecule is CNC(Cc1c(Cl)cccc1Cl)C1=CCCCCC1. The molecule has 1 aromatic rings. The van der Waals surface area contributed by atoms with E-state index in [-0.39, 0.29) is 0 Å². The fraction of sp³-hybridized carbons (Fsp3) is 0.500. The average Bonchev–Trinajstić information content (AvgIpc) is 2.67. The summed E-state index contributed by atoms with van der Waals surface area (Å²) in [5, 5.41) is 4.95. The molecule has 104 valence electrons. The van der Waals surface area contributed by atoms with E-state index < -0.39 is 0 Å². The second-order valence-electron chi connectivity index (χ2n) is 5.12. The number of likely N-dealkylation sites (N-methyl/N-ethyl adjacent to an activating group) is 1. The number of allylic oxidation sites excluding steroid dienone is 1. The number of hydrogen-bond acceptors (Lipinski definition) is 1. The topological polar surface area (TPSA) is 12.0 Å². The van der Waals surface area contributed by atoms with Crippen molar-refractivity contribution in [2.45, 2.75) is 44.6 Å². The summed E-state index contributed by atoms with van der Waals surface area (Å²) in [6, 6.07) is 6.07. The van der Waals surface area contributed by atoms with Gasteiger partial charge in [-0.3, -0.25) is 0 Å². The standard InChI is InChI=1S/C16H21Cl2N/c1-19-16(12-7-4-2-3-5-8-12)11-13-14(17)9-6-10-15(13)18/h6-7,9-10,16,19H,2-5,8,11H2,1H3. The van der Waals surface area contributed by atoms with E-state index >= 15 is 0 Å². The van der Waals surface area contributed by atoms with Gasteiger partial charge in [0.2, 0.25) is 0 Å². The van der Waals surface area contributed by atoms with Gasteiger partial charge in [-0.2, -0.15) is 0 Å². The first-order valence-corrected chi connectivity index (χ1v) is 7.77. The quantitative estimate of drug-likeness (QED) is 0.770. The number of halogens is 2. The molecule has 1 atom stereocenters. The Morgan fingerprint density at radius 3 is 2.58 bits per heavy atom. The summed E-state index contributed by atoms with van der Waals surface area (Å²) in [5.41, 5.74) is 2.56. The molecule has 3 heteroatoms. The Bertz CT molecular complexity index is 434. The molecule has 1 unspecified atom stereocenters. The fourth-order valence-electron chi connectivity index (χ4n) is 2.71. The highest BCUT2D eigenvalue weighted by atomic mass is 35.5. The summed E-state index contributed by atoms with van der Waals surface area (Å²) < 4.78 is 0. The molecule has 0 saturated carbocycles. The molecular formula is C16H21Cl2N. The van der Waals surface area contributed by atoms with Crippen LogP contribution in [-0.2, 0) is 6.42 Å². The third-order valence-electron chi connectivity index (χ3n) is 3.84. The molecule has 2 rings (SSSR count). The minimum atomic E-state index is 0.343. The van der Waals surface area contributed by atoms with E-state index in [1.54, 1.807) is 0 Å². The van der Waals surface area contributed by atoms with Gasteiger partial charge in [-0.1, -0.05) is 47.3 Å². The van der Waals surface area contributed by atoms with Crippen LogP contribution in [0.5, 0.6) is 0 Å². The maximum Gasteiger partial charge on any atom is 0.0453 e. The molecule has 19 heavy (non-hydrogen) atoms. The van der Waals surface area contributed by atoms with Crippen molar-refractivity contribution in [2.24, 2.45) is 0 Å². The smallest absolute Gasteiger partial charge is 0.0453 e. The average molecular weight is 298 g/mol. The van der Waals surface area contributed by atoms with Crippen LogP contribution >= 0.6 is 23.2 Å². The van der Waals surface area contributed by atoms with Gasteiger partial charge in [0, 0.05) is 16.1 Å². The second-order valence-corrected chi connectivity index (χ2v) is 5.94. The van der Waals surface area contributed by atoms with Crippen molar-refractivity contribution in [3.05, 3.63) is 45.5 Å². The highest BCUT2D eigenvalue weighted by Crippen LogP contribution is 2.28. The first-order valence-electron chi connectivity index (χ1n) is 7.01. The van der Waals surface area contributed by atoms with Crippen LogP contribution in [0.2, 0.25) is 10.0 Å². The van der Waals surface area contributed by atoms with E-state index in [1.165, 1.54) is 37.7 Å². The van der Waals surface area contributed by atoms with Gasteiger partial charge in [0.05, 0.1) is 0 Å². The Labute approximate surface area is 126 Å². The minimum Gasteiger partial charge on any atom is -0.313 e. The van der Waals surface area contributed by atoms with Gasteiger partial charge < -0.3 is 5.32 Å². The fourth-order valence-corrected chi connectivity index (χ4v) is 3.26. The predicted molar refractivity (Wildman–Crippen MR) is 84.2 cm³/mol. The lowest BCUT2D eigenvalue weighted by molar-refractivity contribution is 0.597. The van der Waals surface area contributed by atoms with Gasteiger partial charge in [0.25, 0.3) is 0 Å². The maximum absolute atomic E-state index is 6.27. The van der Waals surface area contributed by atoms with Crippen LogP contribution in [0.15, 0.2) is 29.8 Å². The zero-order valence-corrected chi connectivity index (χ0v) is 12.9. The molecule has 0 fully saturated rings. The van der Waals surface area contributed by atoms with Crippen molar-refractivity contribution in [3.8, 4) is 0 Å². The summed E-state index contributed by atoms with van der Waals surface area (Å²) in [7, 11) is 2.02. The molecule has 0 spiro atoms. The molecule has 0 aromatic heterocycles. The molecule has 1 nitrogen and oxygen atoms in total. The highest BCUT2D eigenvalue weighted by Gasteiger charge is 2.17. The molecule has 0 amide bonds.